The minimum absolute atomic E-state index is 0.0605. The lowest BCUT2D eigenvalue weighted by atomic mass is 9.94. The maximum atomic E-state index is 13.3. The van der Waals surface area contributed by atoms with E-state index in [0.717, 1.165) is 0 Å². The molecule has 10 heteroatoms. The van der Waals surface area contributed by atoms with Gasteiger partial charge in [0.25, 0.3) is 0 Å². The Bertz CT molecular complexity index is 1020. The van der Waals surface area contributed by atoms with Crippen molar-refractivity contribution in [2.45, 2.75) is 26.8 Å². The van der Waals surface area contributed by atoms with E-state index in [9.17, 15) is 14.4 Å². The summed E-state index contributed by atoms with van der Waals surface area (Å²) in [6, 6.07) is 3.78. The minimum atomic E-state index is -0.800. The van der Waals surface area contributed by atoms with Crippen LogP contribution in [-0.2, 0) is 14.3 Å². The third-order valence-corrected chi connectivity index (χ3v) is 6.63. The Labute approximate surface area is 216 Å². The number of piperazine rings is 1. The molecule has 1 atom stereocenters. The lowest BCUT2D eigenvalue weighted by Crippen LogP contribution is -2.54. The number of rotatable bonds is 8. The molecular formula is C25H32Cl2N4O4. The van der Waals surface area contributed by atoms with Crippen LogP contribution in [0.25, 0.3) is 0 Å². The summed E-state index contributed by atoms with van der Waals surface area (Å²) >= 11 is 12.6. The van der Waals surface area contributed by atoms with Crippen LogP contribution >= 0.6 is 23.2 Å². The SMILES string of the molecule is C=CCN1C(=O)N[C@@H](c2ccc(Cl)cc2Cl)C(C(=O)OCC)=C1CN1CCN(C(=O)C(C)C)CC1. The predicted octanol–water partition coefficient (Wildman–Crippen LogP) is 3.86. The van der Waals surface area contributed by atoms with Gasteiger partial charge in [-0.1, -0.05) is 49.2 Å². The van der Waals surface area contributed by atoms with E-state index in [2.05, 4.69) is 16.8 Å². The van der Waals surface area contributed by atoms with Gasteiger partial charge in [0.05, 0.1) is 18.2 Å². The standard InChI is InChI=1S/C25H32Cl2N4O4/c1-5-9-31-20(15-29-10-12-30(13-11-29)23(32)16(3)4)21(24(33)35-6-2)22(28-25(31)34)18-8-7-17(26)14-19(18)27/h5,7-8,14,16,22H,1,6,9-13,15H2,2-4H3,(H,28,34)/t22-/m0/s1. The van der Waals surface area contributed by atoms with Crippen LogP contribution < -0.4 is 5.32 Å². The summed E-state index contributed by atoms with van der Waals surface area (Å²) in [5.74, 6) is -0.463. The van der Waals surface area contributed by atoms with Gasteiger partial charge in [-0.2, -0.15) is 0 Å². The number of carbonyl (C=O) groups is 3. The van der Waals surface area contributed by atoms with Gasteiger partial charge in [0, 0.05) is 60.9 Å². The van der Waals surface area contributed by atoms with Crippen molar-refractivity contribution >= 4 is 41.1 Å². The molecule has 35 heavy (non-hydrogen) atoms. The first kappa shape index (κ1) is 27.0. The van der Waals surface area contributed by atoms with E-state index in [-0.39, 0.29) is 31.0 Å². The van der Waals surface area contributed by atoms with Crippen molar-refractivity contribution in [3.8, 4) is 0 Å². The van der Waals surface area contributed by atoms with Crippen LogP contribution in [0.1, 0.15) is 32.4 Å². The smallest absolute Gasteiger partial charge is 0.338 e. The summed E-state index contributed by atoms with van der Waals surface area (Å²) in [5, 5.41) is 3.68. The van der Waals surface area contributed by atoms with E-state index >= 15 is 0 Å². The molecule has 1 N–H and O–H groups in total. The summed E-state index contributed by atoms with van der Waals surface area (Å²) in [7, 11) is 0. The van der Waals surface area contributed by atoms with Gasteiger partial charge in [0.1, 0.15) is 0 Å². The molecule has 3 amide bonds. The Balaban J connectivity index is 2.01. The molecule has 190 valence electrons. The molecule has 2 aliphatic heterocycles. The van der Waals surface area contributed by atoms with Crippen molar-refractivity contribution in [1.29, 1.82) is 0 Å². The second kappa shape index (κ2) is 11.9. The highest BCUT2D eigenvalue weighted by atomic mass is 35.5. The number of ether oxygens (including phenoxy) is 1. The van der Waals surface area contributed by atoms with Crippen LogP contribution in [-0.4, -0.2) is 78.5 Å². The van der Waals surface area contributed by atoms with E-state index in [4.69, 9.17) is 27.9 Å². The molecule has 0 aromatic heterocycles. The van der Waals surface area contributed by atoms with Crippen molar-refractivity contribution in [3.63, 3.8) is 0 Å². The largest absolute Gasteiger partial charge is 0.463 e. The number of nitrogens with one attached hydrogen (secondary N) is 1. The molecule has 3 rings (SSSR count). The van der Waals surface area contributed by atoms with Crippen molar-refractivity contribution in [2.24, 2.45) is 5.92 Å². The van der Waals surface area contributed by atoms with Crippen molar-refractivity contribution in [1.82, 2.24) is 20.0 Å². The Morgan fingerprint density at radius 3 is 2.49 bits per heavy atom. The highest BCUT2D eigenvalue weighted by molar-refractivity contribution is 6.35. The molecular weight excluding hydrogens is 491 g/mol. The molecule has 0 saturated carbocycles. The number of hydrogen-bond donors (Lipinski definition) is 1. The van der Waals surface area contributed by atoms with Gasteiger partial charge in [0.15, 0.2) is 0 Å². The molecule has 2 heterocycles. The van der Waals surface area contributed by atoms with Crippen LogP contribution in [0.15, 0.2) is 42.1 Å². The predicted molar refractivity (Wildman–Crippen MR) is 136 cm³/mol. The number of urea groups is 1. The van der Waals surface area contributed by atoms with Crippen LogP contribution in [0.4, 0.5) is 4.79 Å². The number of halogens is 2. The van der Waals surface area contributed by atoms with Crippen LogP contribution in [0.2, 0.25) is 10.0 Å². The second-order valence-electron chi connectivity index (χ2n) is 8.78. The zero-order valence-electron chi connectivity index (χ0n) is 20.4. The molecule has 0 aliphatic carbocycles. The lowest BCUT2D eigenvalue weighted by molar-refractivity contribution is -0.139. The molecule has 0 unspecified atom stereocenters. The molecule has 8 nitrogen and oxygen atoms in total. The van der Waals surface area contributed by atoms with Crippen molar-refractivity contribution in [3.05, 3.63) is 57.7 Å². The molecule has 1 aromatic carbocycles. The van der Waals surface area contributed by atoms with Gasteiger partial charge in [-0.3, -0.25) is 14.6 Å². The third kappa shape index (κ3) is 6.18. The van der Waals surface area contributed by atoms with Gasteiger partial charge < -0.3 is 15.0 Å². The Morgan fingerprint density at radius 2 is 1.91 bits per heavy atom. The van der Waals surface area contributed by atoms with E-state index in [1.807, 2.05) is 18.7 Å². The Hall–Kier alpha value is -2.55. The Kier molecular flexibility index (Phi) is 9.21. The summed E-state index contributed by atoms with van der Waals surface area (Å²) < 4.78 is 5.41. The monoisotopic (exact) mass is 522 g/mol. The maximum Gasteiger partial charge on any atom is 0.338 e. The fourth-order valence-corrected chi connectivity index (χ4v) is 4.84. The summed E-state index contributed by atoms with van der Waals surface area (Å²) in [4.78, 5) is 44.3. The zero-order valence-corrected chi connectivity index (χ0v) is 21.9. The van der Waals surface area contributed by atoms with Crippen molar-refractivity contribution < 1.29 is 19.1 Å². The fourth-order valence-electron chi connectivity index (χ4n) is 4.32. The van der Waals surface area contributed by atoms with Crippen molar-refractivity contribution in [2.75, 3.05) is 45.9 Å². The average molecular weight is 523 g/mol. The second-order valence-corrected chi connectivity index (χ2v) is 9.63. The zero-order chi connectivity index (χ0) is 25.7. The third-order valence-electron chi connectivity index (χ3n) is 6.07. The quantitative estimate of drug-likeness (QED) is 0.414. The number of esters is 1. The number of carbonyl (C=O) groups excluding carboxylic acids is 3. The van der Waals surface area contributed by atoms with E-state index in [0.29, 0.717) is 59.6 Å². The van der Waals surface area contributed by atoms with Crippen LogP contribution in [0, 0.1) is 5.92 Å². The molecule has 1 fully saturated rings. The average Bonchev–Trinajstić information content (AvgIpc) is 2.81. The van der Waals surface area contributed by atoms with Crippen LogP contribution in [0.5, 0.6) is 0 Å². The highest BCUT2D eigenvalue weighted by Gasteiger charge is 2.39. The molecule has 0 spiro atoms. The Morgan fingerprint density at radius 1 is 1.23 bits per heavy atom. The first-order valence-corrected chi connectivity index (χ1v) is 12.5. The molecule has 1 aromatic rings. The number of amides is 3. The topological polar surface area (TPSA) is 82.2 Å². The maximum absolute atomic E-state index is 13.3. The van der Waals surface area contributed by atoms with Gasteiger partial charge >= 0.3 is 12.0 Å². The minimum Gasteiger partial charge on any atom is -0.463 e. The molecule has 2 aliphatic rings. The van der Waals surface area contributed by atoms with Gasteiger partial charge in [-0.05, 0) is 24.6 Å². The van der Waals surface area contributed by atoms with E-state index in [1.165, 1.54) is 4.90 Å². The number of benzene rings is 1. The summed E-state index contributed by atoms with van der Waals surface area (Å²) in [6.07, 6.45) is 1.61. The normalized spacial score (nSPS) is 19.1. The fraction of sp³-hybridized carbons (Fsp3) is 0.480. The number of hydrogen-bond acceptors (Lipinski definition) is 5. The summed E-state index contributed by atoms with van der Waals surface area (Å²) in [5.41, 5.74) is 1.40. The summed E-state index contributed by atoms with van der Waals surface area (Å²) in [6.45, 7) is 12.4. The lowest BCUT2D eigenvalue weighted by Gasteiger charge is -2.40. The number of nitrogens with zero attached hydrogens (tertiary/aromatic N) is 3. The van der Waals surface area contributed by atoms with Gasteiger partial charge in [0.2, 0.25) is 5.91 Å². The first-order valence-electron chi connectivity index (χ1n) is 11.7. The molecule has 0 bridgehead atoms. The molecule has 1 saturated heterocycles. The van der Waals surface area contributed by atoms with Gasteiger partial charge in [-0.25, -0.2) is 9.59 Å². The van der Waals surface area contributed by atoms with Crippen LogP contribution in [0.3, 0.4) is 0 Å². The van der Waals surface area contributed by atoms with E-state index < -0.39 is 12.0 Å². The molecule has 0 radical (unpaired) electrons. The first-order chi connectivity index (χ1) is 16.7. The van der Waals surface area contributed by atoms with E-state index in [1.54, 1.807) is 31.2 Å². The highest BCUT2D eigenvalue weighted by Crippen LogP contribution is 2.36. The van der Waals surface area contributed by atoms with Gasteiger partial charge in [-0.15, -0.1) is 6.58 Å².